The molecule has 0 amide bonds. The van der Waals surface area contributed by atoms with Crippen LogP contribution in [-0.4, -0.2) is 28.0 Å². The number of esters is 1. The topological polar surface area (TPSA) is 85.2 Å². The number of carbonyl (C=O) groups excluding carboxylic acids is 2. The van der Waals surface area contributed by atoms with Gasteiger partial charge in [0.2, 0.25) is 5.78 Å². The molecule has 0 bridgehead atoms. The highest BCUT2D eigenvalue weighted by Crippen LogP contribution is 2.24. The van der Waals surface area contributed by atoms with Crippen molar-refractivity contribution in [1.29, 1.82) is 0 Å². The minimum atomic E-state index is -0.913. The van der Waals surface area contributed by atoms with Crippen molar-refractivity contribution in [2.75, 3.05) is 0 Å². The highest BCUT2D eigenvalue weighted by Gasteiger charge is 2.27. The largest absolute Gasteiger partial charge is 0.451 e. The molecule has 0 aliphatic carbocycles. The molecule has 0 fully saturated rings. The molecule has 1 aromatic carbocycles. The minimum absolute atomic E-state index is 0.240. The van der Waals surface area contributed by atoms with Crippen LogP contribution >= 0.6 is 0 Å². The number of hydrogen-bond donors (Lipinski definition) is 1. The molecule has 3 rings (SSSR count). The molecule has 6 nitrogen and oxygen atoms in total. The maximum absolute atomic E-state index is 12.8. The number of H-pyrrole nitrogens is 1. The average Bonchev–Trinajstić information content (AvgIpc) is 3.12. The number of aryl methyl sites for hydroxylation is 3. The number of benzene rings is 1. The van der Waals surface area contributed by atoms with Gasteiger partial charge in [0.25, 0.3) is 0 Å². The highest BCUT2D eigenvalue weighted by atomic mass is 16.5. The zero-order valence-corrected chi connectivity index (χ0v) is 14.7. The zero-order valence-electron chi connectivity index (χ0n) is 14.7. The van der Waals surface area contributed by atoms with Crippen LogP contribution in [0.1, 0.15) is 51.7 Å². The van der Waals surface area contributed by atoms with E-state index in [-0.39, 0.29) is 5.78 Å². The normalized spacial score (nSPS) is 12.3. The van der Waals surface area contributed by atoms with E-state index < -0.39 is 12.1 Å². The van der Waals surface area contributed by atoms with Gasteiger partial charge in [-0.05, 0) is 33.3 Å². The molecular weight excluding hydrogens is 320 g/mol. The molecule has 0 saturated heterocycles. The number of hydrogen-bond acceptors (Lipinski definition) is 5. The summed E-state index contributed by atoms with van der Waals surface area (Å²) in [6, 6.07) is 7.55. The first-order valence-electron chi connectivity index (χ1n) is 8.21. The second-order valence-electron chi connectivity index (χ2n) is 6.00. The average molecular weight is 340 g/mol. The van der Waals surface area contributed by atoms with Crippen LogP contribution in [-0.2, 0) is 11.2 Å². The summed E-state index contributed by atoms with van der Waals surface area (Å²) in [5.41, 5.74) is 3.02. The number of Topliss-reactive ketones (excluding diaryl/α,β-unsaturated/α-hetero) is 1. The van der Waals surface area contributed by atoms with Gasteiger partial charge in [-0.3, -0.25) is 4.79 Å². The van der Waals surface area contributed by atoms with Crippen molar-refractivity contribution in [3.8, 4) is 0 Å². The van der Waals surface area contributed by atoms with Crippen LogP contribution in [0.25, 0.3) is 10.9 Å². The van der Waals surface area contributed by atoms with Crippen molar-refractivity contribution in [2.45, 2.75) is 40.2 Å². The van der Waals surface area contributed by atoms with Crippen molar-refractivity contribution in [1.82, 2.24) is 10.1 Å². The SMILES string of the molecule is CCc1noc(C)c1C(=O)O[C@H](C)C(=O)c1c(C)[nH]c2ccccc12. The summed E-state index contributed by atoms with van der Waals surface area (Å²) in [5, 5.41) is 4.67. The van der Waals surface area contributed by atoms with Gasteiger partial charge in [0.15, 0.2) is 6.10 Å². The van der Waals surface area contributed by atoms with E-state index in [4.69, 9.17) is 9.26 Å². The Morgan fingerprint density at radius 2 is 1.96 bits per heavy atom. The van der Waals surface area contributed by atoms with E-state index >= 15 is 0 Å². The summed E-state index contributed by atoms with van der Waals surface area (Å²) in [6.07, 6.45) is -0.365. The predicted molar refractivity (Wildman–Crippen MR) is 92.9 cm³/mol. The second-order valence-corrected chi connectivity index (χ2v) is 6.00. The van der Waals surface area contributed by atoms with E-state index in [0.717, 1.165) is 16.6 Å². The number of ketones is 1. The fourth-order valence-corrected chi connectivity index (χ4v) is 2.99. The first kappa shape index (κ1) is 17.0. The molecule has 0 saturated carbocycles. The first-order valence-corrected chi connectivity index (χ1v) is 8.21. The number of nitrogens with zero attached hydrogens (tertiary/aromatic N) is 1. The summed E-state index contributed by atoms with van der Waals surface area (Å²) in [4.78, 5) is 28.5. The first-order chi connectivity index (χ1) is 11.9. The summed E-state index contributed by atoms with van der Waals surface area (Å²) in [5.74, 6) is -0.436. The van der Waals surface area contributed by atoms with E-state index in [1.54, 1.807) is 13.8 Å². The van der Waals surface area contributed by atoms with E-state index in [1.165, 1.54) is 0 Å². The van der Waals surface area contributed by atoms with Gasteiger partial charge in [-0.25, -0.2) is 4.79 Å². The van der Waals surface area contributed by atoms with Crippen LogP contribution < -0.4 is 0 Å². The number of rotatable bonds is 5. The smallest absolute Gasteiger partial charge is 0.344 e. The molecule has 3 aromatic rings. The van der Waals surface area contributed by atoms with Gasteiger partial charge in [0.1, 0.15) is 11.3 Å². The molecule has 0 aliphatic heterocycles. The number of para-hydroxylation sites is 1. The predicted octanol–water partition coefficient (Wildman–Crippen LogP) is 3.76. The van der Waals surface area contributed by atoms with Crippen LogP contribution in [0.15, 0.2) is 28.8 Å². The van der Waals surface area contributed by atoms with Crippen LogP contribution in [0, 0.1) is 13.8 Å². The maximum Gasteiger partial charge on any atom is 0.344 e. The molecule has 25 heavy (non-hydrogen) atoms. The maximum atomic E-state index is 12.8. The van der Waals surface area contributed by atoms with Crippen molar-refractivity contribution in [3.05, 3.63) is 52.5 Å². The van der Waals surface area contributed by atoms with E-state index in [9.17, 15) is 9.59 Å². The molecule has 1 atom stereocenters. The molecule has 0 unspecified atom stereocenters. The van der Waals surface area contributed by atoms with Gasteiger partial charge in [-0.15, -0.1) is 0 Å². The molecule has 130 valence electrons. The number of fused-ring (bicyclic) bond motifs is 1. The monoisotopic (exact) mass is 340 g/mol. The molecule has 2 heterocycles. The van der Waals surface area contributed by atoms with E-state index in [0.29, 0.717) is 29.0 Å². The Hall–Kier alpha value is -2.89. The van der Waals surface area contributed by atoms with Crippen LogP contribution in [0.5, 0.6) is 0 Å². The Labute approximate surface area is 145 Å². The number of aromatic amines is 1. The Kier molecular flexibility index (Phi) is 4.44. The summed E-state index contributed by atoms with van der Waals surface area (Å²) in [7, 11) is 0. The van der Waals surface area contributed by atoms with Gasteiger partial charge in [0, 0.05) is 22.2 Å². The van der Waals surface area contributed by atoms with Gasteiger partial charge in [-0.2, -0.15) is 0 Å². The van der Waals surface area contributed by atoms with Gasteiger partial charge >= 0.3 is 5.97 Å². The lowest BCUT2D eigenvalue weighted by atomic mass is 10.0. The molecule has 6 heteroatoms. The third-order valence-electron chi connectivity index (χ3n) is 4.27. The summed E-state index contributed by atoms with van der Waals surface area (Å²) < 4.78 is 10.5. The van der Waals surface area contributed by atoms with Gasteiger partial charge in [0.05, 0.1) is 5.69 Å². The quantitative estimate of drug-likeness (QED) is 0.564. The second kappa shape index (κ2) is 6.55. The Balaban J connectivity index is 1.86. The van der Waals surface area contributed by atoms with Crippen LogP contribution in [0.3, 0.4) is 0 Å². The van der Waals surface area contributed by atoms with Gasteiger partial charge in [-0.1, -0.05) is 30.3 Å². The van der Waals surface area contributed by atoms with Crippen molar-refractivity contribution in [2.24, 2.45) is 0 Å². The molecular formula is C19H20N2O4. The lowest BCUT2D eigenvalue weighted by Crippen LogP contribution is -2.25. The standard InChI is InChI=1S/C19H20N2O4/c1-5-14-17(11(3)25-21-14)19(23)24-12(4)18(22)16-10(2)20-15-9-7-6-8-13(15)16/h6-9,12,20H,5H2,1-4H3/t12-/m1/s1. The van der Waals surface area contributed by atoms with Crippen molar-refractivity contribution >= 4 is 22.7 Å². The van der Waals surface area contributed by atoms with E-state index in [1.807, 2.05) is 38.1 Å². The fourth-order valence-electron chi connectivity index (χ4n) is 2.99. The zero-order chi connectivity index (χ0) is 18.1. The lowest BCUT2D eigenvalue weighted by molar-refractivity contribution is 0.0316. The molecule has 0 spiro atoms. The number of carbonyl (C=O) groups is 2. The lowest BCUT2D eigenvalue weighted by Gasteiger charge is -2.12. The Morgan fingerprint density at radius 1 is 1.24 bits per heavy atom. The van der Waals surface area contributed by atoms with Crippen molar-refractivity contribution in [3.63, 3.8) is 0 Å². The molecule has 0 radical (unpaired) electrons. The minimum Gasteiger partial charge on any atom is -0.451 e. The fraction of sp³-hybridized carbons (Fsp3) is 0.316. The van der Waals surface area contributed by atoms with E-state index in [2.05, 4.69) is 10.1 Å². The summed E-state index contributed by atoms with van der Waals surface area (Å²) in [6.45, 7) is 6.94. The number of aromatic nitrogens is 2. The number of nitrogens with one attached hydrogen (secondary N) is 1. The van der Waals surface area contributed by atoms with Crippen molar-refractivity contribution < 1.29 is 18.8 Å². The summed E-state index contributed by atoms with van der Waals surface area (Å²) >= 11 is 0. The Morgan fingerprint density at radius 3 is 2.68 bits per heavy atom. The third-order valence-corrected chi connectivity index (χ3v) is 4.27. The van der Waals surface area contributed by atoms with Crippen LogP contribution in [0.2, 0.25) is 0 Å². The third kappa shape index (κ3) is 2.95. The molecule has 0 aliphatic rings. The number of ether oxygens (including phenoxy) is 1. The van der Waals surface area contributed by atoms with Crippen LogP contribution in [0.4, 0.5) is 0 Å². The Bertz CT molecular complexity index is 952. The highest BCUT2D eigenvalue weighted by molar-refractivity contribution is 6.11. The van der Waals surface area contributed by atoms with Gasteiger partial charge < -0.3 is 14.2 Å². The molecule has 2 aromatic heterocycles. The molecule has 1 N–H and O–H groups in total.